The molecule has 0 aliphatic carbocycles. The van der Waals surface area contributed by atoms with Gasteiger partial charge in [-0.15, -0.1) is 11.3 Å². The molecule has 7 heterocycles. The fourth-order valence-corrected chi connectivity index (χ4v) is 11.0. The second kappa shape index (κ2) is 22.3. The highest BCUT2D eigenvalue weighted by Gasteiger charge is 2.29. The first kappa shape index (κ1) is 49.5. The van der Waals surface area contributed by atoms with Gasteiger partial charge in [0.15, 0.2) is 5.82 Å². The predicted molar refractivity (Wildman–Crippen MR) is 279 cm³/mol. The van der Waals surface area contributed by atoms with E-state index in [0.29, 0.717) is 57.8 Å². The highest BCUT2D eigenvalue weighted by atomic mass is 35.5. The fraction of sp³-hybridized carbons (Fsp3) is 0.364. The zero-order valence-electron chi connectivity index (χ0n) is 40.9. The molecular weight excluding hydrogens is 953 g/mol. The Morgan fingerprint density at radius 2 is 1.56 bits per heavy atom. The van der Waals surface area contributed by atoms with Crippen LogP contribution in [0.5, 0.6) is 17.4 Å². The summed E-state index contributed by atoms with van der Waals surface area (Å²) in [5.41, 5.74) is 7.27. The van der Waals surface area contributed by atoms with E-state index in [0.717, 1.165) is 122 Å². The maximum absolute atomic E-state index is 14.3. The van der Waals surface area contributed by atoms with Gasteiger partial charge in [-0.1, -0.05) is 60.1 Å². The molecule has 3 aromatic heterocycles. The van der Waals surface area contributed by atoms with E-state index in [1.165, 1.54) is 29.8 Å². The van der Waals surface area contributed by atoms with Crippen molar-refractivity contribution in [3.63, 3.8) is 0 Å². The number of aromatic nitrogens is 4. The Balaban J connectivity index is 0.974. The molecule has 374 valence electrons. The zero-order valence-corrected chi connectivity index (χ0v) is 42.5. The van der Waals surface area contributed by atoms with Crippen LogP contribution in [0.15, 0.2) is 97.5 Å². The van der Waals surface area contributed by atoms with Gasteiger partial charge in [0.1, 0.15) is 41.7 Å². The van der Waals surface area contributed by atoms with Crippen molar-refractivity contribution < 1.29 is 28.5 Å². The number of carboxylic acids is 1. The van der Waals surface area contributed by atoms with E-state index in [-0.39, 0.29) is 24.7 Å². The van der Waals surface area contributed by atoms with Gasteiger partial charge in [-0.2, -0.15) is 0 Å². The van der Waals surface area contributed by atoms with E-state index in [9.17, 15) is 14.3 Å². The topological polar surface area (TPSA) is 133 Å². The smallest absolute Gasteiger partial charge is 0.345 e. The first-order valence-electron chi connectivity index (χ1n) is 24.6. The molecule has 1 atom stereocenters. The third-order valence-electron chi connectivity index (χ3n) is 13.9. The van der Waals surface area contributed by atoms with Crippen LogP contribution in [0.4, 0.5) is 4.39 Å². The normalized spacial score (nSPS) is 17.5. The number of ether oxygens (including phenoxy) is 3. The molecule has 0 saturated carbocycles. The molecule has 1 N–H and O–H groups in total. The van der Waals surface area contributed by atoms with Crippen LogP contribution in [0, 0.1) is 12.7 Å². The van der Waals surface area contributed by atoms with E-state index >= 15 is 0 Å². The van der Waals surface area contributed by atoms with E-state index in [1.807, 2.05) is 55.5 Å². The molecule has 2 saturated heterocycles. The fourth-order valence-electron chi connectivity index (χ4n) is 9.66. The molecule has 0 unspecified atom stereocenters. The maximum Gasteiger partial charge on any atom is 0.345 e. The van der Waals surface area contributed by atoms with Gasteiger partial charge < -0.3 is 29.1 Å². The van der Waals surface area contributed by atoms with Crippen molar-refractivity contribution >= 4 is 39.1 Å². The lowest BCUT2D eigenvalue weighted by atomic mass is 9.94. The molecule has 4 bridgehead atoms. The molecule has 2 fully saturated rings. The van der Waals surface area contributed by atoms with Crippen LogP contribution in [0.3, 0.4) is 0 Å². The quantitative estimate of drug-likeness (QED) is 0.119. The molecule has 17 heteroatoms. The van der Waals surface area contributed by atoms with Crippen molar-refractivity contribution in [1.29, 1.82) is 0 Å². The molecule has 0 spiro atoms. The first-order valence-corrected chi connectivity index (χ1v) is 25.8. The van der Waals surface area contributed by atoms with Crippen LogP contribution in [0.2, 0.25) is 5.02 Å². The van der Waals surface area contributed by atoms with Crippen LogP contribution in [0.1, 0.15) is 27.9 Å². The third-order valence-corrected chi connectivity index (χ3v) is 15.6. The van der Waals surface area contributed by atoms with Gasteiger partial charge in [0.05, 0.1) is 11.1 Å². The Morgan fingerprint density at radius 1 is 0.806 bits per heavy atom. The van der Waals surface area contributed by atoms with E-state index in [2.05, 4.69) is 65.7 Å². The van der Waals surface area contributed by atoms with Crippen LogP contribution in [-0.4, -0.2) is 154 Å². The number of halogens is 2. The van der Waals surface area contributed by atoms with Gasteiger partial charge >= 0.3 is 5.97 Å². The highest BCUT2D eigenvalue weighted by Crippen LogP contribution is 2.49. The standard InChI is InChI=1S/C55H59ClFN9O5S/c1-36-45-13-10-40(50(36)56)33-66(26-25-64-21-17-62(2)18-22-64)32-37-7-14-46(70-34-43-15-16-58-52(61-43)39-5-4-6-44(30-39)69-28-27-65-23-19-63(3)20-24-65)41(29-37)31-47(55(67)68)71-53-49-48(45)51(72-54(49)60-35-59-53)38-8-11-42(57)12-9-38/h4-16,29-30,35,47H,17-28,31-34H2,1-3H3,(H,67,68)/t47-/m1/s1. The van der Waals surface area contributed by atoms with E-state index in [4.69, 9.17) is 30.8 Å². The number of carbonyl (C=O) groups is 1. The average molecular weight is 1010 g/mol. The SMILES string of the molecule is Cc1c2ccc(c1Cl)CN(CCN1CCN(C)CC1)Cc1ccc(OCc3ccnc(-c4cccc(OCCN5CCN(C)CC5)c4)n3)c(c1)C[C@H](C(=O)O)Oc1ncnc3sc(-c4ccc(F)cc4)c-2c13. The summed E-state index contributed by atoms with van der Waals surface area (Å²) in [6.07, 6.45) is 1.69. The average Bonchev–Trinajstić information content (AvgIpc) is 3.78. The second-order valence-electron chi connectivity index (χ2n) is 19.0. The number of fused-ring (bicyclic) bond motifs is 6. The largest absolute Gasteiger partial charge is 0.492 e. The molecule has 11 rings (SSSR count). The summed E-state index contributed by atoms with van der Waals surface area (Å²) in [5, 5.41) is 12.1. The number of hydrogen-bond donors (Lipinski definition) is 1. The molecule has 14 nitrogen and oxygen atoms in total. The third kappa shape index (κ3) is 11.6. The zero-order chi connectivity index (χ0) is 49.7. The molecular formula is C55H59ClFN9O5S. The molecule has 0 radical (unpaired) electrons. The number of benzene rings is 4. The minimum atomic E-state index is -1.38. The molecule has 4 aliphatic heterocycles. The molecule has 4 aromatic carbocycles. The van der Waals surface area contributed by atoms with Crippen molar-refractivity contribution in [2.45, 2.75) is 39.1 Å². The highest BCUT2D eigenvalue weighted by molar-refractivity contribution is 7.22. The summed E-state index contributed by atoms with van der Waals surface area (Å²) in [6.45, 7) is 14.6. The molecule has 0 amide bonds. The van der Waals surface area contributed by atoms with Crippen LogP contribution < -0.4 is 14.2 Å². The lowest BCUT2D eigenvalue weighted by Crippen LogP contribution is -2.46. The van der Waals surface area contributed by atoms with Crippen molar-refractivity contribution in [2.24, 2.45) is 0 Å². The molecule has 4 aliphatic rings. The summed E-state index contributed by atoms with van der Waals surface area (Å²) in [7, 11) is 4.32. The van der Waals surface area contributed by atoms with Crippen molar-refractivity contribution in [3.05, 3.63) is 136 Å². The number of likely N-dealkylation sites (N-methyl/N-ethyl adjacent to an activating group) is 2. The van der Waals surface area contributed by atoms with Gasteiger partial charge in [0, 0.05) is 119 Å². The Morgan fingerprint density at radius 3 is 2.32 bits per heavy atom. The van der Waals surface area contributed by atoms with E-state index in [1.54, 1.807) is 18.3 Å². The number of carboxylic acid groups (broad SMARTS) is 1. The lowest BCUT2D eigenvalue weighted by Gasteiger charge is -2.34. The van der Waals surface area contributed by atoms with E-state index < -0.39 is 12.1 Å². The Kier molecular flexibility index (Phi) is 15.3. The summed E-state index contributed by atoms with van der Waals surface area (Å²) < 4.78 is 33.6. The number of piperazine rings is 2. The number of nitrogens with zero attached hydrogens (tertiary/aromatic N) is 9. The van der Waals surface area contributed by atoms with Gasteiger partial charge in [0.25, 0.3) is 0 Å². The number of aliphatic carboxylic acids is 1. The number of hydrogen-bond acceptors (Lipinski definition) is 14. The Labute approximate surface area is 428 Å². The molecule has 72 heavy (non-hydrogen) atoms. The van der Waals surface area contributed by atoms with Crippen LogP contribution >= 0.6 is 22.9 Å². The summed E-state index contributed by atoms with van der Waals surface area (Å²) in [4.78, 5) is 45.6. The second-order valence-corrected chi connectivity index (χ2v) is 20.4. The van der Waals surface area contributed by atoms with Gasteiger partial charge in [0.2, 0.25) is 12.0 Å². The van der Waals surface area contributed by atoms with Crippen molar-refractivity contribution in [3.8, 4) is 50.3 Å². The van der Waals surface area contributed by atoms with Crippen LogP contribution in [0.25, 0.3) is 43.2 Å². The number of thiophene rings is 1. The Bertz CT molecular complexity index is 3040. The van der Waals surface area contributed by atoms with Gasteiger partial charge in [-0.3, -0.25) is 14.7 Å². The maximum atomic E-state index is 14.3. The monoisotopic (exact) mass is 1010 g/mol. The van der Waals surface area contributed by atoms with Crippen molar-refractivity contribution in [1.82, 2.24) is 44.4 Å². The van der Waals surface area contributed by atoms with Gasteiger partial charge in [-0.05, 0) is 90.8 Å². The number of rotatable bonds is 13. The predicted octanol–water partition coefficient (Wildman–Crippen LogP) is 8.43. The summed E-state index contributed by atoms with van der Waals surface area (Å²) >= 11 is 8.82. The summed E-state index contributed by atoms with van der Waals surface area (Å²) in [6, 6.07) is 26.1. The van der Waals surface area contributed by atoms with Crippen molar-refractivity contribution in [2.75, 3.05) is 92.7 Å². The van der Waals surface area contributed by atoms with Crippen LogP contribution in [-0.2, 0) is 30.9 Å². The minimum Gasteiger partial charge on any atom is -0.492 e. The summed E-state index contributed by atoms with van der Waals surface area (Å²) in [5.74, 6) is 0.389. The van der Waals surface area contributed by atoms with Gasteiger partial charge in [-0.25, -0.2) is 29.1 Å². The first-order chi connectivity index (χ1) is 35.0. The molecule has 7 aromatic rings. The minimum absolute atomic E-state index is 0.0369. The lowest BCUT2D eigenvalue weighted by molar-refractivity contribution is -0.145. The Hall–Kier alpha value is -6.11.